The molecule has 0 spiro atoms. The third kappa shape index (κ3) is 4.23. The lowest BCUT2D eigenvalue weighted by molar-refractivity contribution is 0.0989. The molecule has 154 valence electrons. The van der Waals surface area contributed by atoms with Crippen molar-refractivity contribution < 1.29 is 9.53 Å². The molecule has 2 aliphatic heterocycles. The van der Waals surface area contributed by atoms with Crippen LogP contribution in [0.4, 0.5) is 11.5 Å². The molecule has 8 heteroatoms. The van der Waals surface area contributed by atoms with E-state index in [4.69, 9.17) is 4.74 Å². The Morgan fingerprint density at radius 1 is 1.33 bits per heavy atom. The predicted molar refractivity (Wildman–Crippen MR) is 121 cm³/mol. The van der Waals surface area contributed by atoms with Crippen LogP contribution in [0.1, 0.15) is 16.8 Å². The van der Waals surface area contributed by atoms with Crippen molar-refractivity contribution in [2.75, 3.05) is 43.5 Å². The molecule has 0 saturated heterocycles. The van der Waals surface area contributed by atoms with Gasteiger partial charge in [0.05, 0.1) is 0 Å². The van der Waals surface area contributed by atoms with Crippen LogP contribution >= 0.6 is 0 Å². The average Bonchev–Trinajstić information content (AvgIpc) is 3.27. The molecule has 1 N–H and O–H groups in total. The van der Waals surface area contributed by atoms with E-state index in [1.165, 1.54) is 11.8 Å². The summed E-state index contributed by atoms with van der Waals surface area (Å²) in [5, 5.41) is 3.20. The number of rotatable bonds is 7. The second kappa shape index (κ2) is 9.13. The van der Waals surface area contributed by atoms with Crippen LogP contribution in [0.5, 0.6) is 5.75 Å². The maximum Gasteiger partial charge on any atom is 0.263 e. The number of carbonyl (C=O) groups excluding carboxylic acids is 1. The minimum absolute atomic E-state index is 0.00259. The number of amides is 1. The lowest BCUT2D eigenvalue weighted by Gasteiger charge is -2.24. The number of anilines is 2. The fraction of sp³-hybridized carbons (Fsp3) is 0.318. The number of benzene rings is 1. The quantitative estimate of drug-likeness (QED) is 0.711. The molecule has 0 fully saturated rings. The van der Waals surface area contributed by atoms with Crippen LogP contribution in [0, 0.1) is 0 Å². The fourth-order valence-electron chi connectivity index (χ4n) is 3.81. The molecule has 30 heavy (non-hydrogen) atoms. The van der Waals surface area contributed by atoms with Crippen molar-refractivity contribution in [1.29, 1.82) is 0 Å². The summed E-state index contributed by atoms with van der Waals surface area (Å²) < 4.78 is 6.37. The molecular formula is C22H26BN5O2. The standard InChI is InChI=1S/C22H26BN5O2/c1-24-10-8-20(19-7-4-9-23-19)30-17-6-3-5-16(13-17)28-12-11-27(2)21-18(22(28)29)14-25-15-26-21/h3-7,9,13-15,20,23-24H,8,10-12H2,1-2H3. The van der Waals surface area contributed by atoms with Crippen molar-refractivity contribution in [3.63, 3.8) is 0 Å². The first-order valence-electron chi connectivity index (χ1n) is 10.3. The molecule has 1 aromatic heterocycles. The van der Waals surface area contributed by atoms with Crippen LogP contribution in [0.3, 0.4) is 0 Å². The highest BCUT2D eigenvalue weighted by Gasteiger charge is 2.27. The average molecular weight is 403 g/mol. The van der Waals surface area contributed by atoms with Crippen molar-refractivity contribution in [1.82, 2.24) is 15.3 Å². The predicted octanol–water partition coefficient (Wildman–Crippen LogP) is 1.78. The van der Waals surface area contributed by atoms with E-state index in [0.29, 0.717) is 24.5 Å². The van der Waals surface area contributed by atoms with Gasteiger partial charge < -0.3 is 19.9 Å². The van der Waals surface area contributed by atoms with Gasteiger partial charge in [0.25, 0.3) is 5.91 Å². The lowest BCUT2D eigenvalue weighted by Crippen LogP contribution is -2.33. The highest BCUT2D eigenvalue weighted by atomic mass is 16.5. The van der Waals surface area contributed by atoms with Crippen LogP contribution in [0.25, 0.3) is 0 Å². The number of carbonyl (C=O) groups is 1. The Kier molecular flexibility index (Phi) is 6.14. The number of ether oxygens (including phenoxy) is 1. The number of fused-ring (bicyclic) bond motifs is 1. The first-order chi connectivity index (χ1) is 14.7. The van der Waals surface area contributed by atoms with Gasteiger partial charge in [-0.25, -0.2) is 9.97 Å². The molecule has 7 nitrogen and oxygen atoms in total. The molecule has 2 aromatic rings. The van der Waals surface area contributed by atoms with Crippen LogP contribution < -0.4 is 19.9 Å². The van der Waals surface area contributed by atoms with Gasteiger partial charge in [-0.1, -0.05) is 23.7 Å². The smallest absolute Gasteiger partial charge is 0.263 e. The summed E-state index contributed by atoms with van der Waals surface area (Å²) in [5.41, 5.74) is 2.60. The minimum Gasteiger partial charge on any atom is -0.487 e. The summed E-state index contributed by atoms with van der Waals surface area (Å²) in [4.78, 5) is 25.3. The van der Waals surface area contributed by atoms with Gasteiger partial charge in [-0.15, -0.1) is 5.98 Å². The Bertz CT molecular complexity index is 978. The molecule has 1 amide bonds. The van der Waals surface area contributed by atoms with Gasteiger partial charge in [-0.3, -0.25) is 4.79 Å². The molecule has 4 rings (SSSR count). The second-order valence-corrected chi connectivity index (χ2v) is 7.51. The van der Waals surface area contributed by atoms with Gasteiger partial charge >= 0.3 is 0 Å². The van der Waals surface area contributed by atoms with Gasteiger partial charge in [0.15, 0.2) is 7.28 Å². The summed E-state index contributed by atoms with van der Waals surface area (Å²) in [6.07, 6.45) is 8.16. The molecule has 0 radical (unpaired) electrons. The highest BCUT2D eigenvalue weighted by molar-refractivity contribution is 6.52. The zero-order valence-corrected chi connectivity index (χ0v) is 17.4. The lowest BCUT2D eigenvalue weighted by atomic mass is 9.70. The topological polar surface area (TPSA) is 70.6 Å². The van der Waals surface area contributed by atoms with E-state index in [0.717, 1.165) is 31.7 Å². The van der Waals surface area contributed by atoms with Crippen LogP contribution in [-0.2, 0) is 0 Å². The summed E-state index contributed by atoms with van der Waals surface area (Å²) in [7, 11) is 4.81. The minimum atomic E-state index is -0.0958. The van der Waals surface area contributed by atoms with E-state index < -0.39 is 0 Å². The van der Waals surface area contributed by atoms with E-state index in [1.807, 2.05) is 43.3 Å². The third-order valence-electron chi connectivity index (χ3n) is 5.47. The molecule has 2 aliphatic rings. The van der Waals surface area contributed by atoms with Gasteiger partial charge in [-0.2, -0.15) is 0 Å². The molecular weight excluding hydrogens is 377 g/mol. The molecule has 1 atom stereocenters. The molecule has 1 aromatic carbocycles. The van der Waals surface area contributed by atoms with E-state index in [2.05, 4.69) is 33.4 Å². The summed E-state index contributed by atoms with van der Waals surface area (Å²) in [6, 6.07) is 7.77. The number of hydrogen-bond acceptors (Lipinski definition) is 6. The van der Waals surface area contributed by atoms with Crippen molar-refractivity contribution in [3.8, 4) is 5.75 Å². The van der Waals surface area contributed by atoms with Crippen LogP contribution in [0.15, 0.2) is 60.4 Å². The maximum absolute atomic E-state index is 13.2. The van der Waals surface area contributed by atoms with Gasteiger partial charge in [0, 0.05) is 38.1 Å². The number of aromatic nitrogens is 2. The zero-order valence-electron chi connectivity index (χ0n) is 17.4. The Morgan fingerprint density at radius 3 is 3.03 bits per heavy atom. The summed E-state index contributed by atoms with van der Waals surface area (Å²) in [5.74, 6) is 3.48. The van der Waals surface area contributed by atoms with E-state index in [9.17, 15) is 4.79 Å². The number of hydrogen-bond donors (Lipinski definition) is 1. The monoisotopic (exact) mass is 403 g/mol. The van der Waals surface area contributed by atoms with Crippen molar-refractivity contribution in [2.45, 2.75) is 12.5 Å². The third-order valence-corrected chi connectivity index (χ3v) is 5.47. The number of nitrogens with one attached hydrogen (secondary N) is 1. The van der Waals surface area contributed by atoms with Gasteiger partial charge in [0.2, 0.25) is 0 Å². The first kappa shape index (κ1) is 20.2. The normalized spacial score (nSPS) is 16.6. The highest BCUT2D eigenvalue weighted by Crippen LogP contribution is 2.28. The van der Waals surface area contributed by atoms with Crippen LogP contribution in [0.2, 0.25) is 0 Å². The Morgan fingerprint density at radius 2 is 2.23 bits per heavy atom. The van der Waals surface area contributed by atoms with Gasteiger partial charge in [0.1, 0.15) is 29.6 Å². The molecule has 1 unspecified atom stereocenters. The largest absolute Gasteiger partial charge is 0.487 e. The number of nitrogens with zero attached hydrogens (tertiary/aromatic N) is 4. The first-order valence-corrected chi connectivity index (χ1v) is 10.3. The molecule has 0 saturated carbocycles. The molecule has 0 bridgehead atoms. The maximum atomic E-state index is 13.2. The number of allylic oxidation sites excluding steroid dienone is 2. The Balaban J connectivity index is 1.57. The Hall–Kier alpha value is -3.13. The second-order valence-electron chi connectivity index (χ2n) is 7.51. The number of likely N-dealkylation sites (N-methyl/N-ethyl adjacent to an activating group) is 1. The summed E-state index contributed by atoms with van der Waals surface area (Å²) >= 11 is 0. The van der Waals surface area contributed by atoms with Crippen molar-refractivity contribution in [3.05, 3.63) is 66.0 Å². The van der Waals surface area contributed by atoms with Crippen molar-refractivity contribution in [2.24, 2.45) is 0 Å². The van der Waals surface area contributed by atoms with Crippen molar-refractivity contribution >= 4 is 24.7 Å². The van der Waals surface area contributed by atoms with E-state index >= 15 is 0 Å². The summed E-state index contributed by atoms with van der Waals surface area (Å²) in [6.45, 7) is 2.12. The molecule has 3 heterocycles. The SMILES string of the molecule is CNCCC(Oc1cccc(N2CCN(C)c3ncncc3C2=O)c1)C1=CC=CB1. The van der Waals surface area contributed by atoms with E-state index in [-0.39, 0.29) is 12.0 Å². The Labute approximate surface area is 177 Å². The zero-order chi connectivity index (χ0) is 20.9. The van der Waals surface area contributed by atoms with Gasteiger partial charge in [-0.05, 0) is 32.1 Å². The molecule has 0 aliphatic carbocycles. The van der Waals surface area contributed by atoms with Crippen LogP contribution in [-0.4, -0.2) is 63.0 Å². The van der Waals surface area contributed by atoms with E-state index in [1.54, 1.807) is 11.1 Å². The fourth-order valence-corrected chi connectivity index (χ4v) is 3.81.